The van der Waals surface area contributed by atoms with Gasteiger partial charge >= 0.3 is 0 Å². The van der Waals surface area contributed by atoms with E-state index in [-0.39, 0.29) is 10.0 Å². The van der Waals surface area contributed by atoms with E-state index in [1.165, 1.54) is 18.2 Å². The molecule has 2 nitrogen and oxygen atoms in total. The van der Waals surface area contributed by atoms with E-state index in [0.717, 1.165) is 12.1 Å². The van der Waals surface area contributed by atoms with Crippen molar-refractivity contribution in [1.82, 2.24) is 0 Å². The number of hydrogen-bond acceptors (Lipinski definition) is 2. The second-order valence-corrected chi connectivity index (χ2v) is 5.58. The van der Waals surface area contributed by atoms with Crippen molar-refractivity contribution < 1.29 is 13.6 Å². The fourth-order valence-corrected chi connectivity index (χ4v) is 2.59. The van der Waals surface area contributed by atoms with Crippen LogP contribution < -0.4 is 5.73 Å². The van der Waals surface area contributed by atoms with Gasteiger partial charge < -0.3 is 5.73 Å². The number of hydrogen-bond donors (Lipinski definition) is 1. The molecule has 0 saturated heterocycles. The number of ketones is 1. The zero-order valence-electron chi connectivity index (χ0n) is 9.38. The molecule has 0 aliphatic heterocycles. The van der Waals surface area contributed by atoms with Gasteiger partial charge in [0, 0.05) is 20.2 Å². The Kier molecular flexibility index (Phi) is 4.01. The summed E-state index contributed by atoms with van der Waals surface area (Å²) in [7, 11) is 0. The molecule has 0 fully saturated rings. The number of carbonyl (C=O) groups is 1. The molecular formula is C13H7Br2F2NO. The summed E-state index contributed by atoms with van der Waals surface area (Å²) in [4.78, 5) is 12.2. The number of carbonyl (C=O) groups excluding carboxylic acids is 1. The van der Waals surface area contributed by atoms with Crippen LogP contribution in [0.5, 0.6) is 0 Å². The molecule has 0 atom stereocenters. The fraction of sp³-hybridized carbons (Fsp3) is 0. The van der Waals surface area contributed by atoms with E-state index in [2.05, 4.69) is 31.9 Å². The highest BCUT2D eigenvalue weighted by Crippen LogP contribution is 2.26. The van der Waals surface area contributed by atoms with E-state index in [1.807, 2.05) is 0 Å². The first-order chi connectivity index (χ1) is 8.90. The van der Waals surface area contributed by atoms with Crippen molar-refractivity contribution in [3.05, 3.63) is 62.0 Å². The van der Waals surface area contributed by atoms with Gasteiger partial charge in [-0.3, -0.25) is 4.79 Å². The van der Waals surface area contributed by atoms with Crippen LogP contribution in [0.25, 0.3) is 0 Å². The van der Waals surface area contributed by atoms with Gasteiger partial charge in [0.1, 0.15) is 11.6 Å². The van der Waals surface area contributed by atoms with E-state index in [9.17, 15) is 13.6 Å². The smallest absolute Gasteiger partial charge is 0.200 e. The Morgan fingerprint density at radius 2 is 1.63 bits per heavy atom. The van der Waals surface area contributed by atoms with Crippen LogP contribution in [0, 0.1) is 11.6 Å². The lowest BCUT2D eigenvalue weighted by Gasteiger charge is -2.07. The van der Waals surface area contributed by atoms with Crippen molar-refractivity contribution in [2.45, 2.75) is 0 Å². The van der Waals surface area contributed by atoms with Crippen LogP contribution in [-0.2, 0) is 0 Å². The van der Waals surface area contributed by atoms with Gasteiger partial charge in [-0.15, -0.1) is 0 Å². The van der Waals surface area contributed by atoms with Gasteiger partial charge in [-0.25, -0.2) is 8.78 Å². The van der Waals surface area contributed by atoms with Gasteiger partial charge in [-0.2, -0.15) is 0 Å². The van der Waals surface area contributed by atoms with Crippen LogP contribution in [0.3, 0.4) is 0 Å². The summed E-state index contributed by atoms with van der Waals surface area (Å²) in [5, 5.41) is 0. The molecule has 0 heterocycles. The van der Waals surface area contributed by atoms with Gasteiger partial charge in [0.25, 0.3) is 0 Å². The lowest BCUT2D eigenvalue weighted by molar-refractivity contribution is 0.103. The van der Waals surface area contributed by atoms with Gasteiger partial charge in [-0.05, 0) is 46.3 Å². The first-order valence-corrected chi connectivity index (χ1v) is 6.73. The van der Waals surface area contributed by atoms with Crippen molar-refractivity contribution >= 4 is 43.3 Å². The summed E-state index contributed by atoms with van der Waals surface area (Å²) in [5.41, 5.74) is 5.55. The lowest BCUT2D eigenvalue weighted by atomic mass is 10.0. The van der Waals surface area contributed by atoms with E-state index < -0.39 is 23.0 Å². The molecule has 0 bridgehead atoms. The van der Waals surface area contributed by atoms with Crippen LogP contribution in [0.1, 0.15) is 15.9 Å². The average Bonchev–Trinajstić information content (AvgIpc) is 2.26. The molecule has 2 aromatic carbocycles. The summed E-state index contributed by atoms with van der Waals surface area (Å²) in [6.45, 7) is 0. The Morgan fingerprint density at radius 1 is 1.05 bits per heavy atom. The standard InChI is InChI=1S/C13H7Br2F2NO/c14-6-3-10(16)12(11(17)4-6)13(19)8-2-1-7(18)5-9(8)15/h1-5H,18H2. The van der Waals surface area contributed by atoms with E-state index in [1.54, 1.807) is 0 Å². The van der Waals surface area contributed by atoms with Crippen molar-refractivity contribution in [2.24, 2.45) is 0 Å². The second kappa shape index (κ2) is 5.38. The van der Waals surface area contributed by atoms with Gasteiger partial charge in [0.05, 0.1) is 5.56 Å². The Labute approximate surface area is 124 Å². The van der Waals surface area contributed by atoms with E-state index in [4.69, 9.17) is 5.73 Å². The van der Waals surface area contributed by atoms with Crippen molar-refractivity contribution in [1.29, 1.82) is 0 Å². The molecule has 0 saturated carbocycles. The topological polar surface area (TPSA) is 43.1 Å². The molecule has 0 aliphatic rings. The highest BCUT2D eigenvalue weighted by atomic mass is 79.9. The minimum absolute atomic E-state index is 0.148. The summed E-state index contributed by atoms with van der Waals surface area (Å²) >= 11 is 6.11. The van der Waals surface area contributed by atoms with E-state index >= 15 is 0 Å². The number of nitrogens with two attached hydrogens (primary N) is 1. The minimum atomic E-state index is -0.916. The van der Waals surface area contributed by atoms with Crippen LogP contribution >= 0.6 is 31.9 Å². The molecule has 0 unspecified atom stereocenters. The normalized spacial score (nSPS) is 10.5. The number of benzene rings is 2. The number of anilines is 1. The molecule has 6 heteroatoms. The molecule has 0 aromatic heterocycles. The number of nitrogen functional groups attached to an aromatic ring is 1. The second-order valence-electron chi connectivity index (χ2n) is 3.81. The lowest BCUT2D eigenvalue weighted by Crippen LogP contribution is -2.08. The molecule has 98 valence electrons. The molecule has 0 aliphatic carbocycles. The maximum Gasteiger partial charge on any atom is 0.200 e. The Balaban J connectivity index is 2.56. The van der Waals surface area contributed by atoms with Crippen LogP contribution in [0.4, 0.5) is 14.5 Å². The minimum Gasteiger partial charge on any atom is -0.399 e. The maximum atomic E-state index is 13.7. The molecule has 2 N–H and O–H groups in total. The summed E-state index contributed by atoms with van der Waals surface area (Å²) in [5.74, 6) is -2.57. The zero-order valence-corrected chi connectivity index (χ0v) is 12.6. The predicted octanol–water partition coefficient (Wildman–Crippen LogP) is 4.30. The summed E-state index contributed by atoms with van der Waals surface area (Å²) in [6, 6.07) is 6.50. The molecule has 2 aromatic rings. The molecule has 0 spiro atoms. The average molecular weight is 391 g/mol. The SMILES string of the molecule is Nc1ccc(C(=O)c2c(F)cc(Br)cc2F)c(Br)c1. The quantitative estimate of drug-likeness (QED) is 0.613. The maximum absolute atomic E-state index is 13.7. The van der Waals surface area contributed by atoms with Crippen LogP contribution in [-0.4, -0.2) is 5.78 Å². The van der Waals surface area contributed by atoms with E-state index in [0.29, 0.717) is 10.2 Å². The van der Waals surface area contributed by atoms with Gasteiger partial charge in [0.15, 0.2) is 5.78 Å². The highest BCUT2D eigenvalue weighted by molar-refractivity contribution is 9.10. The first-order valence-electron chi connectivity index (χ1n) is 5.14. The zero-order chi connectivity index (χ0) is 14.2. The Hall–Kier alpha value is -1.27. The first kappa shape index (κ1) is 14.1. The number of rotatable bonds is 2. The Morgan fingerprint density at radius 3 is 2.16 bits per heavy atom. The predicted molar refractivity (Wildman–Crippen MR) is 76.0 cm³/mol. The highest BCUT2D eigenvalue weighted by Gasteiger charge is 2.21. The van der Waals surface area contributed by atoms with Crippen molar-refractivity contribution in [3.63, 3.8) is 0 Å². The van der Waals surface area contributed by atoms with Gasteiger partial charge in [-0.1, -0.05) is 15.9 Å². The molecule has 0 amide bonds. The van der Waals surface area contributed by atoms with Crippen LogP contribution in [0.15, 0.2) is 39.3 Å². The number of halogens is 4. The fourth-order valence-electron chi connectivity index (χ4n) is 1.61. The third-order valence-electron chi connectivity index (χ3n) is 2.47. The largest absolute Gasteiger partial charge is 0.399 e. The molecule has 2 rings (SSSR count). The van der Waals surface area contributed by atoms with Crippen molar-refractivity contribution in [2.75, 3.05) is 5.73 Å². The summed E-state index contributed by atoms with van der Waals surface area (Å²) in [6.07, 6.45) is 0. The molecule has 19 heavy (non-hydrogen) atoms. The molecular weight excluding hydrogens is 384 g/mol. The van der Waals surface area contributed by atoms with Crippen LogP contribution in [0.2, 0.25) is 0 Å². The summed E-state index contributed by atoms with van der Waals surface area (Å²) < 4.78 is 28.1. The third kappa shape index (κ3) is 2.84. The third-order valence-corrected chi connectivity index (χ3v) is 3.59. The van der Waals surface area contributed by atoms with Crippen molar-refractivity contribution in [3.8, 4) is 0 Å². The molecule has 0 radical (unpaired) electrons. The Bertz CT molecular complexity index is 651. The monoisotopic (exact) mass is 389 g/mol. The van der Waals surface area contributed by atoms with Gasteiger partial charge in [0.2, 0.25) is 0 Å².